The summed E-state index contributed by atoms with van der Waals surface area (Å²) < 4.78 is 5.36. The molecule has 1 amide bonds. The SMILES string of the molecule is CC1OCCC1(O)CNCC(=O)NC1CCCCC1. The average Bonchev–Trinajstić information content (AvgIpc) is 2.71. The molecule has 0 radical (unpaired) electrons. The Balaban J connectivity index is 1.63. The van der Waals surface area contributed by atoms with E-state index in [2.05, 4.69) is 10.6 Å². The van der Waals surface area contributed by atoms with E-state index in [-0.39, 0.29) is 18.6 Å². The number of carbonyl (C=O) groups excluding carboxylic acids is 1. The van der Waals surface area contributed by atoms with Gasteiger partial charge in [-0.2, -0.15) is 0 Å². The van der Waals surface area contributed by atoms with Crippen molar-refractivity contribution in [2.75, 3.05) is 19.7 Å². The summed E-state index contributed by atoms with van der Waals surface area (Å²) in [6.07, 6.45) is 6.38. The first-order chi connectivity index (χ1) is 9.10. The predicted molar refractivity (Wildman–Crippen MR) is 72.9 cm³/mol. The Morgan fingerprint density at radius 3 is 2.74 bits per heavy atom. The highest BCUT2D eigenvalue weighted by Crippen LogP contribution is 2.24. The molecule has 5 nitrogen and oxygen atoms in total. The van der Waals surface area contributed by atoms with Gasteiger partial charge in [0.2, 0.25) is 5.91 Å². The van der Waals surface area contributed by atoms with E-state index >= 15 is 0 Å². The van der Waals surface area contributed by atoms with E-state index in [1.807, 2.05) is 6.92 Å². The molecule has 0 aromatic rings. The van der Waals surface area contributed by atoms with Crippen molar-refractivity contribution < 1.29 is 14.6 Å². The molecule has 0 aromatic heterocycles. The van der Waals surface area contributed by atoms with Crippen LogP contribution in [0.1, 0.15) is 45.4 Å². The quantitative estimate of drug-likeness (QED) is 0.683. The van der Waals surface area contributed by atoms with Crippen molar-refractivity contribution >= 4 is 5.91 Å². The van der Waals surface area contributed by atoms with Crippen molar-refractivity contribution in [2.45, 2.75) is 63.2 Å². The maximum atomic E-state index is 11.8. The van der Waals surface area contributed by atoms with E-state index in [0.29, 0.717) is 25.6 Å². The van der Waals surface area contributed by atoms with E-state index in [0.717, 1.165) is 12.8 Å². The van der Waals surface area contributed by atoms with Crippen LogP contribution in [0.2, 0.25) is 0 Å². The number of nitrogens with one attached hydrogen (secondary N) is 2. The van der Waals surface area contributed by atoms with Gasteiger partial charge in [0.05, 0.1) is 12.6 Å². The van der Waals surface area contributed by atoms with Gasteiger partial charge in [0, 0.05) is 25.6 Å². The van der Waals surface area contributed by atoms with Crippen molar-refractivity contribution in [3.05, 3.63) is 0 Å². The molecule has 110 valence electrons. The van der Waals surface area contributed by atoms with Crippen LogP contribution in [0.5, 0.6) is 0 Å². The van der Waals surface area contributed by atoms with E-state index < -0.39 is 5.60 Å². The van der Waals surface area contributed by atoms with Crippen molar-refractivity contribution in [2.24, 2.45) is 0 Å². The molecule has 0 spiro atoms. The van der Waals surface area contributed by atoms with Crippen molar-refractivity contribution in [1.82, 2.24) is 10.6 Å². The van der Waals surface area contributed by atoms with E-state index in [1.165, 1.54) is 19.3 Å². The molecule has 0 bridgehead atoms. The fraction of sp³-hybridized carbons (Fsp3) is 0.929. The van der Waals surface area contributed by atoms with Gasteiger partial charge < -0.3 is 20.5 Å². The molecular weight excluding hydrogens is 244 g/mol. The van der Waals surface area contributed by atoms with Crippen LogP contribution in [-0.2, 0) is 9.53 Å². The summed E-state index contributed by atoms with van der Waals surface area (Å²) >= 11 is 0. The molecule has 5 heteroatoms. The lowest BCUT2D eigenvalue weighted by Crippen LogP contribution is -2.49. The van der Waals surface area contributed by atoms with Crippen molar-refractivity contribution in [1.29, 1.82) is 0 Å². The van der Waals surface area contributed by atoms with E-state index in [4.69, 9.17) is 4.74 Å². The Morgan fingerprint density at radius 2 is 2.11 bits per heavy atom. The molecule has 1 saturated carbocycles. The van der Waals surface area contributed by atoms with Crippen LogP contribution in [0.25, 0.3) is 0 Å². The second-order valence-corrected chi connectivity index (χ2v) is 5.87. The minimum Gasteiger partial charge on any atom is -0.386 e. The summed E-state index contributed by atoms with van der Waals surface area (Å²) in [4.78, 5) is 11.8. The van der Waals surface area contributed by atoms with Gasteiger partial charge >= 0.3 is 0 Å². The molecule has 19 heavy (non-hydrogen) atoms. The van der Waals surface area contributed by atoms with Crippen LogP contribution in [0.4, 0.5) is 0 Å². The first-order valence-corrected chi connectivity index (χ1v) is 7.44. The van der Waals surface area contributed by atoms with E-state index in [9.17, 15) is 9.90 Å². The lowest BCUT2D eigenvalue weighted by molar-refractivity contribution is -0.121. The second-order valence-electron chi connectivity index (χ2n) is 5.87. The Hall–Kier alpha value is -0.650. The minimum atomic E-state index is -0.828. The largest absolute Gasteiger partial charge is 0.386 e. The number of carbonyl (C=O) groups is 1. The second kappa shape index (κ2) is 6.68. The Labute approximate surface area is 115 Å². The normalized spacial score (nSPS) is 32.4. The number of aliphatic hydroxyl groups is 1. The van der Waals surface area contributed by atoms with Crippen molar-refractivity contribution in [3.63, 3.8) is 0 Å². The molecule has 0 aromatic carbocycles. The van der Waals surface area contributed by atoms with Gasteiger partial charge in [-0.15, -0.1) is 0 Å². The molecule has 2 unspecified atom stereocenters. The van der Waals surface area contributed by atoms with Gasteiger partial charge in [-0.1, -0.05) is 19.3 Å². The van der Waals surface area contributed by atoms with E-state index in [1.54, 1.807) is 0 Å². The van der Waals surface area contributed by atoms with Crippen molar-refractivity contribution in [3.8, 4) is 0 Å². The summed E-state index contributed by atoms with van der Waals surface area (Å²) in [5, 5.41) is 16.4. The third-order valence-electron chi connectivity index (χ3n) is 4.35. The lowest BCUT2D eigenvalue weighted by atomic mass is 9.95. The molecule has 2 aliphatic rings. The molecule has 3 N–H and O–H groups in total. The number of amides is 1. The highest BCUT2D eigenvalue weighted by atomic mass is 16.5. The third kappa shape index (κ3) is 4.16. The molecular formula is C14H26N2O3. The standard InChI is InChI=1S/C14H26N2O3/c1-11-14(18,7-8-19-11)10-15-9-13(17)16-12-5-3-2-4-6-12/h11-12,15,18H,2-10H2,1H3,(H,16,17). The molecule has 1 saturated heterocycles. The summed E-state index contributed by atoms with van der Waals surface area (Å²) in [6.45, 7) is 3.14. The van der Waals surface area contributed by atoms with Gasteiger partial charge in [0.1, 0.15) is 5.60 Å². The Morgan fingerprint density at radius 1 is 1.37 bits per heavy atom. The summed E-state index contributed by atoms with van der Waals surface area (Å²) in [5.74, 6) is 0.0297. The summed E-state index contributed by atoms with van der Waals surface area (Å²) in [7, 11) is 0. The minimum absolute atomic E-state index is 0.0297. The molecule has 2 rings (SSSR count). The summed E-state index contributed by atoms with van der Waals surface area (Å²) in [6, 6.07) is 0.347. The molecule has 2 fully saturated rings. The lowest BCUT2D eigenvalue weighted by Gasteiger charge is -2.27. The van der Waals surface area contributed by atoms with Gasteiger partial charge in [-0.05, 0) is 19.8 Å². The van der Waals surface area contributed by atoms with Crippen LogP contribution in [-0.4, -0.2) is 48.5 Å². The first kappa shape index (κ1) is 14.8. The van der Waals surface area contributed by atoms with Crippen LogP contribution in [0.15, 0.2) is 0 Å². The maximum Gasteiger partial charge on any atom is 0.234 e. The predicted octanol–water partition coefficient (Wildman–Crippen LogP) is 0.565. The highest BCUT2D eigenvalue weighted by molar-refractivity contribution is 5.78. The molecule has 1 aliphatic carbocycles. The van der Waals surface area contributed by atoms with Crippen LogP contribution >= 0.6 is 0 Å². The highest BCUT2D eigenvalue weighted by Gasteiger charge is 2.39. The maximum absolute atomic E-state index is 11.8. The van der Waals surface area contributed by atoms with Gasteiger partial charge in [0.25, 0.3) is 0 Å². The Kier molecular flexibility index (Phi) is 5.19. The third-order valence-corrected chi connectivity index (χ3v) is 4.35. The molecule has 2 atom stereocenters. The van der Waals surface area contributed by atoms with Crippen LogP contribution in [0, 0.1) is 0 Å². The fourth-order valence-corrected chi connectivity index (χ4v) is 2.92. The van der Waals surface area contributed by atoms with Gasteiger partial charge in [-0.25, -0.2) is 0 Å². The monoisotopic (exact) mass is 270 g/mol. The number of rotatable bonds is 5. The first-order valence-electron chi connectivity index (χ1n) is 7.44. The zero-order chi connectivity index (χ0) is 13.7. The number of hydrogen-bond donors (Lipinski definition) is 3. The Bertz CT molecular complexity index is 305. The molecule has 1 aliphatic heterocycles. The fourth-order valence-electron chi connectivity index (χ4n) is 2.92. The average molecular weight is 270 g/mol. The number of ether oxygens (including phenoxy) is 1. The zero-order valence-electron chi connectivity index (χ0n) is 11.8. The zero-order valence-corrected chi connectivity index (χ0v) is 11.8. The topological polar surface area (TPSA) is 70.6 Å². The summed E-state index contributed by atoms with van der Waals surface area (Å²) in [5.41, 5.74) is -0.828. The smallest absolute Gasteiger partial charge is 0.234 e. The van der Waals surface area contributed by atoms with Gasteiger partial charge in [-0.3, -0.25) is 4.79 Å². The molecule has 1 heterocycles. The van der Waals surface area contributed by atoms with Crippen LogP contribution < -0.4 is 10.6 Å². The van der Waals surface area contributed by atoms with Gasteiger partial charge in [0.15, 0.2) is 0 Å². The van der Waals surface area contributed by atoms with Crippen LogP contribution in [0.3, 0.4) is 0 Å². The number of hydrogen-bond acceptors (Lipinski definition) is 4.